The van der Waals surface area contributed by atoms with E-state index in [0.717, 1.165) is 0 Å². The molecule has 0 unspecified atom stereocenters. The molecule has 0 aliphatic carbocycles. The predicted molar refractivity (Wildman–Crippen MR) is 67.1 cm³/mol. The van der Waals surface area contributed by atoms with Crippen molar-refractivity contribution in [3.63, 3.8) is 0 Å². The fourth-order valence-corrected chi connectivity index (χ4v) is 2.03. The maximum Gasteiger partial charge on any atom is 0.354 e. The highest BCUT2D eigenvalue weighted by molar-refractivity contribution is 5.95. The molecule has 102 valence electrons. The lowest BCUT2D eigenvalue weighted by molar-refractivity contribution is -0.0440. The van der Waals surface area contributed by atoms with E-state index in [2.05, 4.69) is 4.98 Å². The summed E-state index contributed by atoms with van der Waals surface area (Å²) in [6, 6.07) is 2.82. The van der Waals surface area contributed by atoms with Gasteiger partial charge in [0.05, 0.1) is 24.3 Å². The first-order valence-electron chi connectivity index (χ1n) is 6.12. The zero-order valence-corrected chi connectivity index (χ0v) is 10.9. The molecular formula is C13H16N2O4. The highest BCUT2D eigenvalue weighted by atomic mass is 16.5. The first kappa shape index (κ1) is 13.5. The Kier molecular flexibility index (Phi) is 3.80. The van der Waals surface area contributed by atoms with Gasteiger partial charge >= 0.3 is 5.97 Å². The van der Waals surface area contributed by atoms with E-state index >= 15 is 0 Å². The largest absolute Gasteiger partial charge is 0.477 e. The van der Waals surface area contributed by atoms with Gasteiger partial charge < -0.3 is 14.7 Å². The number of ether oxygens (including phenoxy) is 1. The number of carbonyl (C=O) groups is 2. The first-order chi connectivity index (χ1) is 9.00. The van der Waals surface area contributed by atoms with Crippen LogP contribution in [0.25, 0.3) is 0 Å². The molecule has 2 heterocycles. The summed E-state index contributed by atoms with van der Waals surface area (Å²) in [5, 5.41) is 8.77. The average molecular weight is 264 g/mol. The number of rotatable bonds is 2. The number of carboxylic acids is 1. The molecule has 0 spiro atoms. The second-order valence-electron chi connectivity index (χ2n) is 4.55. The van der Waals surface area contributed by atoms with E-state index in [4.69, 9.17) is 9.84 Å². The molecule has 0 aromatic carbocycles. The van der Waals surface area contributed by atoms with Crippen LogP contribution in [0.15, 0.2) is 18.3 Å². The molecule has 1 aliphatic rings. The molecule has 1 saturated heterocycles. The van der Waals surface area contributed by atoms with Crippen LogP contribution < -0.4 is 0 Å². The molecule has 2 atom stereocenters. The van der Waals surface area contributed by atoms with Crippen LogP contribution in [-0.2, 0) is 4.74 Å². The van der Waals surface area contributed by atoms with E-state index in [-0.39, 0.29) is 23.7 Å². The van der Waals surface area contributed by atoms with Gasteiger partial charge in [-0.05, 0) is 26.0 Å². The normalized spacial score (nSPS) is 23.2. The van der Waals surface area contributed by atoms with Gasteiger partial charge in [-0.15, -0.1) is 0 Å². The Morgan fingerprint density at radius 1 is 1.42 bits per heavy atom. The lowest BCUT2D eigenvalue weighted by Crippen LogP contribution is -2.51. The fourth-order valence-electron chi connectivity index (χ4n) is 2.03. The zero-order chi connectivity index (χ0) is 14.0. The molecule has 6 heteroatoms. The summed E-state index contributed by atoms with van der Waals surface area (Å²) in [4.78, 5) is 28.5. The molecule has 1 fully saturated rings. The molecular weight excluding hydrogens is 248 g/mol. The zero-order valence-electron chi connectivity index (χ0n) is 10.9. The maximum atomic E-state index is 12.3. The monoisotopic (exact) mass is 264 g/mol. The molecule has 1 aliphatic heterocycles. The molecule has 1 aromatic rings. The Morgan fingerprint density at radius 2 is 2.16 bits per heavy atom. The lowest BCUT2D eigenvalue weighted by atomic mass is 10.1. The van der Waals surface area contributed by atoms with Gasteiger partial charge in [0.1, 0.15) is 5.69 Å². The Hall–Kier alpha value is -1.95. The number of morpholine rings is 1. The van der Waals surface area contributed by atoms with E-state index in [9.17, 15) is 9.59 Å². The van der Waals surface area contributed by atoms with E-state index < -0.39 is 5.97 Å². The van der Waals surface area contributed by atoms with E-state index in [1.165, 1.54) is 18.3 Å². The number of carboxylic acid groups (broad SMARTS) is 1. The number of nitrogens with zero attached hydrogens (tertiary/aromatic N) is 2. The van der Waals surface area contributed by atoms with E-state index in [1.54, 1.807) is 4.90 Å². The Morgan fingerprint density at radius 3 is 2.74 bits per heavy atom. The molecule has 0 saturated carbocycles. The lowest BCUT2D eigenvalue weighted by Gasteiger charge is -2.37. The van der Waals surface area contributed by atoms with Gasteiger partial charge in [0.25, 0.3) is 5.91 Å². The smallest absolute Gasteiger partial charge is 0.354 e. The summed E-state index contributed by atoms with van der Waals surface area (Å²) >= 11 is 0. The molecule has 0 bridgehead atoms. The Bertz CT molecular complexity index is 486. The number of pyridine rings is 1. The Balaban J connectivity index is 2.17. The van der Waals surface area contributed by atoms with Crippen LogP contribution in [0.1, 0.15) is 34.7 Å². The van der Waals surface area contributed by atoms with Crippen LogP contribution in [-0.4, -0.2) is 52.2 Å². The standard InChI is InChI=1S/C13H16N2O4/c1-8-9(2)19-6-5-15(8)12(16)10-3-4-11(13(17)18)14-7-10/h3-4,7-9H,5-6H2,1-2H3,(H,17,18)/t8-,9+/m0/s1. The summed E-state index contributed by atoms with van der Waals surface area (Å²) < 4.78 is 5.47. The van der Waals surface area contributed by atoms with Crippen LogP contribution in [0, 0.1) is 0 Å². The third-order valence-corrected chi connectivity index (χ3v) is 3.37. The van der Waals surface area contributed by atoms with Crippen molar-refractivity contribution in [1.29, 1.82) is 0 Å². The Labute approximate surface area is 111 Å². The topological polar surface area (TPSA) is 79.7 Å². The fraction of sp³-hybridized carbons (Fsp3) is 0.462. The van der Waals surface area contributed by atoms with Crippen LogP contribution in [0.2, 0.25) is 0 Å². The van der Waals surface area contributed by atoms with Crippen LogP contribution in [0.5, 0.6) is 0 Å². The van der Waals surface area contributed by atoms with E-state index in [1.807, 2.05) is 13.8 Å². The minimum absolute atomic E-state index is 0.0102. The minimum Gasteiger partial charge on any atom is -0.477 e. The highest BCUT2D eigenvalue weighted by Crippen LogP contribution is 2.16. The van der Waals surface area contributed by atoms with E-state index in [0.29, 0.717) is 18.7 Å². The molecule has 1 N–H and O–H groups in total. The summed E-state index contributed by atoms with van der Waals surface area (Å²) in [6.07, 6.45) is 1.29. The van der Waals surface area contributed by atoms with Crippen molar-refractivity contribution >= 4 is 11.9 Å². The van der Waals surface area contributed by atoms with Gasteiger partial charge in [-0.1, -0.05) is 0 Å². The second kappa shape index (κ2) is 5.36. The summed E-state index contributed by atoms with van der Waals surface area (Å²) in [5.41, 5.74) is 0.325. The molecule has 19 heavy (non-hydrogen) atoms. The molecule has 2 rings (SSSR count). The van der Waals surface area contributed by atoms with Crippen molar-refractivity contribution in [2.75, 3.05) is 13.2 Å². The minimum atomic E-state index is -1.10. The van der Waals surface area contributed by atoms with Gasteiger partial charge in [0.2, 0.25) is 0 Å². The number of aromatic carboxylic acids is 1. The van der Waals surface area contributed by atoms with Crippen LogP contribution in [0.4, 0.5) is 0 Å². The highest BCUT2D eigenvalue weighted by Gasteiger charge is 2.29. The number of hydrogen-bond donors (Lipinski definition) is 1. The van der Waals surface area contributed by atoms with Crippen molar-refractivity contribution < 1.29 is 19.4 Å². The van der Waals surface area contributed by atoms with Gasteiger partial charge in [-0.2, -0.15) is 0 Å². The first-order valence-corrected chi connectivity index (χ1v) is 6.12. The number of amides is 1. The van der Waals surface area contributed by atoms with Crippen LogP contribution in [0.3, 0.4) is 0 Å². The summed E-state index contributed by atoms with van der Waals surface area (Å²) in [7, 11) is 0. The third-order valence-electron chi connectivity index (χ3n) is 3.37. The molecule has 6 nitrogen and oxygen atoms in total. The van der Waals surface area contributed by atoms with Crippen molar-refractivity contribution in [2.24, 2.45) is 0 Å². The van der Waals surface area contributed by atoms with Gasteiger partial charge in [0.15, 0.2) is 0 Å². The summed E-state index contributed by atoms with van der Waals surface area (Å²) in [5.74, 6) is -1.25. The SMILES string of the molecule is C[C@H]1OCCN(C(=O)c2ccc(C(=O)O)nc2)[C@H]1C. The van der Waals surface area contributed by atoms with Crippen molar-refractivity contribution in [3.05, 3.63) is 29.6 Å². The van der Waals surface area contributed by atoms with Crippen molar-refractivity contribution in [1.82, 2.24) is 9.88 Å². The summed E-state index contributed by atoms with van der Waals surface area (Å²) in [6.45, 7) is 4.90. The van der Waals surface area contributed by atoms with Crippen LogP contribution >= 0.6 is 0 Å². The van der Waals surface area contributed by atoms with Gasteiger partial charge in [0, 0.05) is 12.7 Å². The third kappa shape index (κ3) is 2.73. The second-order valence-corrected chi connectivity index (χ2v) is 4.55. The quantitative estimate of drug-likeness (QED) is 0.863. The van der Waals surface area contributed by atoms with Gasteiger partial charge in [-0.25, -0.2) is 9.78 Å². The number of aromatic nitrogens is 1. The average Bonchev–Trinajstić information content (AvgIpc) is 2.41. The molecule has 1 amide bonds. The predicted octanol–water partition coefficient (Wildman–Crippen LogP) is 1.03. The molecule has 0 radical (unpaired) electrons. The van der Waals surface area contributed by atoms with Gasteiger partial charge in [-0.3, -0.25) is 4.79 Å². The maximum absolute atomic E-state index is 12.3. The van der Waals surface area contributed by atoms with Crippen molar-refractivity contribution in [2.45, 2.75) is 26.0 Å². The number of carbonyl (C=O) groups excluding carboxylic acids is 1. The van der Waals surface area contributed by atoms with Crippen molar-refractivity contribution in [3.8, 4) is 0 Å². The molecule has 1 aromatic heterocycles. The number of hydrogen-bond acceptors (Lipinski definition) is 4.